The molecule has 7 nitrogen and oxygen atoms in total. The molecule has 0 atom stereocenters. The minimum atomic E-state index is -3.73. The van der Waals surface area contributed by atoms with E-state index < -0.39 is 10.0 Å². The minimum absolute atomic E-state index is 0.0983. The van der Waals surface area contributed by atoms with Crippen molar-refractivity contribution in [3.8, 4) is 11.5 Å². The number of aryl methyl sites for hydroxylation is 1. The van der Waals surface area contributed by atoms with Crippen molar-refractivity contribution in [2.45, 2.75) is 11.8 Å². The summed E-state index contributed by atoms with van der Waals surface area (Å²) in [4.78, 5) is 14.0. The van der Waals surface area contributed by atoms with Crippen LogP contribution in [0.2, 0.25) is 0 Å². The Morgan fingerprint density at radius 1 is 0.968 bits per heavy atom. The van der Waals surface area contributed by atoms with E-state index in [1.807, 2.05) is 13.0 Å². The highest BCUT2D eigenvalue weighted by molar-refractivity contribution is 7.92. The lowest BCUT2D eigenvalue weighted by molar-refractivity contribution is -0.120. The number of nitrogens with zero attached hydrogens (tertiary/aromatic N) is 1. The Balaban J connectivity index is 1.61. The molecule has 0 bridgehead atoms. The summed E-state index contributed by atoms with van der Waals surface area (Å²) in [7, 11) is -0.521. The van der Waals surface area contributed by atoms with Gasteiger partial charge in [-0.05, 0) is 61.0 Å². The highest BCUT2D eigenvalue weighted by Gasteiger charge is 2.16. The van der Waals surface area contributed by atoms with Crippen molar-refractivity contribution in [1.82, 2.24) is 0 Å². The third-order valence-electron chi connectivity index (χ3n) is 4.58. The summed E-state index contributed by atoms with van der Waals surface area (Å²) in [5.41, 5.74) is 2.12. The van der Waals surface area contributed by atoms with Crippen molar-refractivity contribution in [3.05, 3.63) is 78.4 Å². The molecule has 1 amide bonds. The second-order valence-electron chi connectivity index (χ2n) is 6.89. The normalized spacial score (nSPS) is 10.9. The minimum Gasteiger partial charge on any atom is -0.497 e. The van der Waals surface area contributed by atoms with Gasteiger partial charge in [0.25, 0.3) is 15.9 Å². The van der Waals surface area contributed by atoms with Crippen LogP contribution in [0.4, 0.5) is 11.4 Å². The lowest BCUT2D eigenvalue weighted by Crippen LogP contribution is -2.31. The molecule has 0 aromatic heterocycles. The van der Waals surface area contributed by atoms with Crippen molar-refractivity contribution in [2.75, 3.05) is 30.4 Å². The van der Waals surface area contributed by atoms with Gasteiger partial charge in [0.1, 0.15) is 11.5 Å². The molecule has 3 aromatic rings. The van der Waals surface area contributed by atoms with Crippen LogP contribution in [0.1, 0.15) is 5.56 Å². The molecule has 0 aliphatic rings. The van der Waals surface area contributed by atoms with Gasteiger partial charge in [0.15, 0.2) is 6.61 Å². The highest BCUT2D eigenvalue weighted by Crippen LogP contribution is 2.22. The Morgan fingerprint density at radius 2 is 1.68 bits per heavy atom. The molecule has 0 aliphatic carbocycles. The summed E-state index contributed by atoms with van der Waals surface area (Å²) in [6.07, 6.45) is 0. The Hall–Kier alpha value is -3.52. The molecule has 0 heterocycles. The quantitative estimate of drug-likeness (QED) is 0.575. The average Bonchev–Trinajstić information content (AvgIpc) is 2.77. The number of benzene rings is 3. The van der Waals surface area contributed by atoms with Gasteiger partial charge in [-0.15, -0.1) is 0 Å². The van der Waals surface area contributed by atoms with E-state index in [1.54, 1.807) is 56.6 Å². The van der Waals surface area contributed by atoms with Crippen molar-refractivity contribution in [1.29, 1.82) is 0 Å². The fraction of sp³-hybridized carbons (Fsp3) is 0.174. The third-order valence-corrected chi connectivity index (χ3v) is 5.98. The molecular formula is C23H24N2O5S. The summed E-state index contributed by atoms with van der Waals surface area (Å²) in [5, 5.41) is 0. The Bertz CT molecular complexity index is 1160. The number of amides is 1. The van der Waals surface area contributed by atoms with Gasteiger partial charge in [0.2, 0.25) is 0 Å². The molecule has 8 heteroatoms. The maximum absolute atomic E-state index is 12.6. The van der Waals surface area contributed by atoms with Crippen LogP contribution < -0.4 is 19.1 Å². The van der Waals surface area contributed by atoms with E-state index in [2.05, 4.69) is 4.72 Å². The van der Waals surface area contributed by atoms with Gasteiger partial charge in [-0.3, -0.25) is 9.52 Å². The lowest BCUT2D eigenvalue weighted by Gasteiger charge is -2.18. The molecule has 0 radical (unpaired) electrons. The smallest absolute Gasteiger partial charge is 0.264 e. The Labute approximate surface area is 182 Å². The van der Waals surface area contributed by atoms with Gasteiger partial charge in [-0.1, -0.05) is 18.2 Å². The summed E-state index contributed by atoms with van der Waals surface area (Å²) < 4.78 is 38.4. The zero-order valence-corrected chi connectivity index (χ0v) is 18.3. The van der Waals surface area contributed by atoms with Crippen LogP contribution in [-0.4, -0.2) is 35.1 Å². The third kappa shape index (κ3) is 5.76. The fourth-order valence-corrected chi connectivity index (χ4v) is 3.89. The number of carbonyl (C=O) groups excluding carboxylic acids is 1. The standard InChI is InChI=1S/C23H24N2O5S/c1-17-6-4-7-18(14-17)24-31(27,28)22-12-10-20(11-13-22)30-16-23(26)25(2)19-8-5-9-21(15-19)29-3/h4-15,24H,16H2,1-3H3. The highest BCUT2D eigenvalue weighted by atomic mass is 32.2. The average molecular weight is 441 g/mol. The lowest BCUT2D eigenvalue weighted by atomic mass is 10.2. The number of hydrogen-bond donors (Lipinski definition) is 1. The molecule has 3 rings (SSSR count). The van der Waals surface area contributed by atoms with Crippen LogP contribution in [0.3, 0.4) is 0 Å². The molecule has 31 heavy (non-hydrogen) atoms. The first-order chi connectivity index (χ1) is 14.8. The van der Waals surface area contributed by atoms with Gasteiger partial charge in [0, 0.05) is 24.5 Å². The summed E-state index contributed by atoms with van der Waals surface area (Å²) in [6.45, 7) is 1.69. The van der Waals surface area contributed by atoms with Crippen LogP contribution in [0.5, 0.6) is 11.5 Å². The van der Waals surface area contributed by atoms with Gasteiger partial charge in [0.05, 0.1) is 12.0 Å². The first-order valence-electron chi connectivity index (χ1n) is 9.51. The topological polar surface area (TPSA) is 84.9 Å². The van der Waals surface area contributed by atoms with E-state index in [0.29, 0.717) is 22.9 Å². The van der Waals surface area contributed by atoms with E-state index in [4.69, 9.17) is 9.47 Å². The largest absolute Gasteiger partial charge is 0.497 e. The van der Waals surface area contributed by atoms with Crippen LogP contribution in [0, 0.1) is 6.92 Å². The number of likely N-dealkylation sites (N-methyl/N-ethyl adjacent to an activating group) is 1. The molecule has 1 N–H and O–H groups in total. The van der Waals surface area contributed by atoms with E-state index in [-0.39, 0.29) is 17.4 Å². The molecule has 0 fully saturated rings. The van der Waals surface area contributed by atoms with E-state index in [0.717, 1.165) is 5.56 Å². The van der Waals surface area contributed by atoms with Gasteiger partial charge >= 0.3 is 0 Å². The number of methoxy groups -OCH3 is 1. The molecule has 0 aliphatic heterocycles. The number of anilines is 2. The second-order valence-corrected chi connectivity index (χ2v) is 8.57. The SMILES string of the molecule is COc1cccc(N(C)C(=O)COc2ccc(S(=O)(=O)Nc3cccc(C)c3)cc2)c1. The first kappa shape index (κ1) is 22.2. The summed E-state index contributed by atoms with van der Waals surface area (Å²) in [5.74, 6) is 0.780. The molecule has 3 aromatic carbocycles. The van der Waals surface area contributed by atoms with Crippen molar-refractivity contribution in [3.63, 3.8) is 0 Å². The maximum atomic E-state index is 12.6. The molecule has 162 valence electrons. The Kier molecular flexibility index (Phi) is 6.81. The van der Waals surface area contributed by atoms with Crippen molar-refractivity contribution < 1.29 is 22.7 Å². The number of carbonyl (C=O) groups is 1. The maximum Gasteiger partial charge on any atom is 0.264 e. The zero-order valence-electron chi connectivity index (χ0n) is 17.5. The zero-order chi connectivity index (χ0) is 22.4. The van der Waals surface area contributed by atoms with E-state index in [9.17, 15) is 13.2 Å². The predicted molar refractivity (Wildman–Crippen MR) is 120 cm³/mol. The number of sulfonamides is 1. The molecule has 0 saturated carbocycles. The van der Waals surface area contributed by atoms with Crippen molar-refractivity contribution >= 4 is 27.3 Å². The van der Waals surface area contributed by atoms with Gasteiger partial charge < -0.3 is 14.4 Å². The first-order valence-corrected chi connectivity index (χ1v) is 11.0. The molecular weight excluding hydrogens is 416 g/mol. The van der Waals surface area contributed by atoms with Crippen LogP contribution in [0.25, 0.3) is 0 Å². The Morgan fingerprint density at radius 3 is 2.35 bits per heavy atom. The van der Waals surface area contributed by atoms with E-state index in [1.165, 1.54) is 29.2 Å². The van der Waals surface area contributed by atoms with Crippen LogP contribution >= 0.6 is 0 Å². The van der Waals surface area contributed by atoms with Gasteiger partial charge in [-0.25, -0.2) is 8.42 Å². The van der Waals surface area contributed by atoms with Crippen LogP contribution in [-0.2, 0) is 14.8 Å². The molecule has 0 saturated heterocycles. The van der Waals surface area contributed by atoms with Gasteiger partial charge in [-0.2, -0.15) is 0 Å². The summed E-state index contributed by atoms with van der Waals surface area (Å²) >= 11 is 0. The van der Waals surface area contributed by atoms with Crippen molar-refractivity contribution in [2.24, 2.45) is 0 Å². The van der Waals surface area contributed by atoms with Crippen LogP contribution in [0.15, 0.2) is 77.7 Å². The predicted octanol–water partition coefficient (Wildman–Crippen LogP) is 3.85. The molecule has 0 spiro atoms. The number of ether oxygens (including phenoxy) is 2. The molecule has 0 unspecified atom stereocenters. The monoisotopic (exact) mass is 440 g/mol. The number of nitrogens with one attached hydrogen (secondary N) is 1. The number of rotatable bonds is 8. The van der Waals surface area contributed by atoms with E-state index >= 15 is 0 Å². The summed E-state index contributed by atoms with van der Waals surface area (Å²) in [6, 6.07) is 20.1. The fourth-order valence-electron chi connectivity index (χ4n) is 2.84. The second kappa shape index (κ2) is 9.53. The number of hydrogen-bond acceptors (Lipinski definition) is 5.